The molecule has 20 heavy (non-hydrogen) atoms. The predicted molar refractivity (Wildman–Crippen MR) is 72.0 cm³/mol. The van der Waals surface area contributed by atoms with E-state index in [9.17, 15) is 4.79 Å². The van der Waals surface area contributed by atoms with Crippen molar-refractivity contribution in [2.24, 2.45) is 7.05 Å². The first-order chi connectivity index (χ1) is 9.75. The number of carbonyl (C=O) groups excluding carboxylic acids is 1. The number of carbonyl (C=O) groups is 1. The Balaban J connectivity index is 1.76. The number of rotatable bonds is 2. The van der Waals surface area contributed by atoms with Gasteiger partial charge in [-0.3, -0.25) is 14.8 Å². The van der Waals surface area contributed by atoms with E-state index in [0.29, 0.717) is 25.4 Å². The highest BCUT2D eigenvalue weighted by molar-refractivity contribution is 5.92. The Morgan fingerprint density at radius 1 is 1.45 bits per heavy atom. The lowest BCUT2D eigenvalue weighted by molar-refractivity contribution is -0.0252. The molecule has 1 saturated heterocycles. The molecule has 2 aromatic heterocycles. The molecule has 0 saturated carbocycles. The molecular weight excluding hydrogens is 256 g/mol. The largest absolute Gasteiger partial charge is 0.368 e. The molecule has 0 spiro atoms. The Kier molecular flexibility index (Phi) is 3.47. The lowest BCUT2D eigenvalue weighted by atomic mass is 10.2. The topological polar surface area (TPSA) is 60.2 Å². The second kappa shape index (κ2) is 5.42. The van der Waals surface area contributed by atoms with E-state index in [4.69, 9.17) is 4.74 Å². The van der Waals surface area contributed by atoms with Crippen molar-refractivity contribution in [3.8, 4) is 0 Å². The highest BCUT2D eigenvalue weighted by Gasteiger charge is 2.27. The molecule has 3 heterocycles. The van der Waals surface area contributed by atoms with Crippen molar-refractivity contribution >= 4 is 5.91 Å². The first-order valence-electron chi connectivity index (χ1n) is 6.54. The molecule has 104 valence electrons. The molecule has 1 aliphatic heterocycles. The maximum absolute atomic E-state index is 12.5. The van der Waals surface area contributed by atoms with Crippen molar-refractivity contribution in [2.45, 2.75) is 6.10 Å². The summed E-state index contributed by atoms with van der Waals surface area (Å²) in [6.45, 7) is 1.61. The molecule has 0 radical (unpaired) electrons. The Bertz CT molecular complexity index is 596. The van der Waals surface area contributed by atoms with Crippen LogP contribution in [-0.2, 0) is 11.8 Å². The van der Waals surface area contributed by atoms with Crippen LogP contribution in [0.25, 0.3) is 0 Å². The molecule has 1 aliphatic rings. The molecule has 0 aromatic carbocycles. The summed E-state index contributed by atoms with van der Waals surface area (Å²) in [6, 6.07) is 3.70. The highest BCUT2D eigenvalue weighted by atomic mass is 16.5. The highest BCUT2D eigenvalue weighted by Crippen LogP contribution is 2.21. The maximum atomic E-state index is 12.5. The van der Waals surface area contributed by atoms with Gasteiger partial charge in [0.05, 0.1) is 25.0 Å². The molecule has 2 aromatic rings. The van der Waals surface area contributed by atoms with Gasteiger partial charge in [0.2, 0.25) is 0 Å². The van der Waals surface area contributed by atoms with E-state index >= 15 is 0 Å². The minimum Gasteiger partial charge on any atom is -0.368 e. The van der Waals surface area contributed by atoms with Gasteiger partial charge in [-0.2, -0.15) is 0 Å². The van der Waals surface area contributed by atoms with E-state index in [1.165, 1.54) is 0 Å². The molecule has 1 atom stereocenters. The third kappa shape index (κ3) is 2.42. The lowest BCUT2D eigenvalue weighted by Crippen LogP contribution is -2.43. The van der Waals surface area contributed by atoms with E-state index in [1.54, 1.807) is 23.5 Å². The number of nitrogens with zero attached hydrogens (tertiary/aromatic N) is 4. The normalized spacial score (nSPS) is 19.1. The molecular formula is C14H16N4O2. The van der Waals surface area contributed by atoms with Gasteiger partial charge in [-0.1, -0.05) is 0 Å². The number of morpholine rings is 1. The average molecular weight is 272 g/mol. The fourth-order valence-corrected chi connectivity index (χ4v) is 2.33. The van der Waals surface area contributed by atoms with E-state index in [0.717, 1.165) is 5.69 Å². The second-order valence-electron chi connectivity index (χ2n) is 4.75. The summed E-state index contributed by atoms with van der Waals surface area (Å²) in [5, 5.41) is 0. The fourth-order valence-electron chi connectivity index (χ4n) is 2.33. The zero-order chi connectivity index (χ0) is 13.9. The molecule has 3 rings (SSSR count). The van der Waals surface area contributed by atoms with Gasteiger partial charge in [0.25, 0.3) is 5.91 Å². The van der Waals surface area contributed by atoms with Crippen LogP contribution in [0.15, 0.2) is 36.9 Å². The van der Waals surface area contributed by atoms with Gasteiger partial charge in [0, 0.05) is 32.2 Å². The molecule has 0 bridgehead atoms. The first-order valence-corrected chi connectivity index (χ1v) is 6.54. The van der Waals surface area contributed by atoms with Crippen LogP contribution < -0.4 is 0 Å². The first kappa shape index (κ1) is 12.8. The van der Waals surface area contributed by atoms with Crippen molar-refractivity contribution in [1.82, 2.24) is 19.4 Å². The molecule has 0 N–H and O–H groups in total. The minimum atomic E-state index is -0.207. The van der Waals surface area contributed by atoms with Gasteiger partial charge < -0.3 is 14.2 Å². The summed E-state index contributed by atoms with van der Waals surface area (Å²) >= 11 is 0. The number of ether oxygens (including phenoxy) is 1. The Hall–Kier alpha value is -2.21. The predicted octanol–water partition coefficient (Wildman–Crippen LogP) is 1.03. The van der Waals surface area contributed by atoms with E-state index in [1.807, 2.05) is 29.9 Å². The van der Waals surface area contributed by atoms with Crippen LogP contribution in [0.5, 0.6) is 0 Å². The van der Waals surface area contributed by atoms with Crippen LogP contribution >= 0.6 is 0 Å². The monoisotopic (exact) mass is 272 g/mol. The van der Waals surface area contributed by atoms with E-state index in [-0.39, 0.29) is 12.0 Å². The number of amides is 1. The Morgan fingerprint density at radius 2 is 2.35 bits per heavy atom. The van der Waals surface area contributed by atoms with Crippen LogP contribution in [0.3, 0.4) is 0 Å². The molecule has 0 aliphatic carbocycles. The molecule has 6 nitrogen and oxygen atoms in total. The smallest absolute Gasteiger partial charge is 0.270 e. The van der Waals surface area contributed by atoms with Crippen molar-refractivity contribution in [2.75, 3.05) is 19.7 Å². The summed E-state index contributed by atoms with van der Waals surface area (Å²) in [5.74, 6) is 0.0229. The number of hydrogen-bond donors (Lipinski definition) is 0. The number of aromatic nitrogens is 3. The van der Waals surface area contributed by atoms with E-state index < -0.39 is 0 Å². The number of aryl methyl sites for hydroxylation is 1. The lowest BCUT2D eigenvalue weighted by Gasteiger charge is -2.32. The van der Waals surface area contributed by atoms with Crippen molar-refractivity contribution in [3.05, 3.63) is 48.3 Å². The zero-order valence-corrected chi connectivity index (χ0v) is 11.3. The summed E-state index contributed by atoms with van der Waals surface area (Å²) in [4.78, 5) is 22.6. The van der Waals surface area contributed by atoms with E-state index in [2.05, 4.69) is 9.97 Å². The SMILES string of the molecule is Cn1cccc1C(=O)N1CCOC(c2cnccn2)C1. The standard InChI is InChI=1S/C14H16N4O2/c1-17-6-2-3-12(17)14(19)18-7-8-20-13(10-18)11-9-15-4-5-16-11/h2-6,9,13H,7-8,10H2,1H3. The van der Waals surface area contributed by atoms with Crippen molar-refractivity contribution < 1.29 is 9.53 Å². The van der Waals surface area contributed by atoms with Gasteiger partial charge in [-0.25, -0.2) is 0 Å². The van der Waals surface area contributed by atoms with Gasteiger partial charge in [0.1, 0.15) is 11.8 Å². The minimum absolute atomic E-state index is 0.0229. The summed E-state index contributed by atoms with van der Waals surface area (Å²) in [5.41, 5.74) is 1.45. The maximum Gasteiger partial charge on any atom is 0.270 e. The zero-order valence-electron chi connectivity index (χ0n) is 11.3. The molecule has 6 heteroatoms. The summed E-state index contributed by atoms with van der Waals surface area (Å²) in [6.07, 6.45) is 6.60. The van der Waals surface area contributed by atoms with Gasteiger partial charge >= 0.3 is 0 Å². The third-order valence-corrected chi connectivity index (χ3v) is 3.43. The summed E-state index contributed by atoms with van der Waals surface area (Å²) in [7, 11) is 1.87. The molecule has 1 unspecified atom stereocenters. The van der Waals surface area contributed by atoms with Crippen LogP contribution in [-0.4, -0.2) is 45.0 Å². The number of hydrogen-bond acceptors (Lipinski definition) is 4. The quantitative estimate of drug-likeness (QED) is 0.819. The molecule has 1 amide bonds. The van der Waals surface area contributed by atoms with Crippen LogP contribution in [0.4, 0.5) is 0 Å². The average Bonchev–Trinajstić information content (AvgIpc) is 2.94. The Labute approximate surface area is 117 Å². The Morgan fingerprint density at radius 3 is 3.05 bits per heavy atom. The van der Waals surface area contributed by atoms with Crippen molar-refractivity contribution in [3.63, 3.8) is 0 Å². The second-order valence-corrected chi connectivity index (χ2v) is 4.75. The van der Waals surface area contributed by atoms with Crippen molar-refractivity contribution in [1.29, 1.82) is 0 Å². The van der Waals surface area contributed by atoms with Crippen LogP contribution in [0.2, 0.25) is 0 Å². The fraction of sp³-hybridized carbons (Fsp3) is 0.357. The molecule has 1 fully saturated rings. The van der Waals surface area contributed by atoms with Gasteiger partial charge in [0.15, 0.2) is 0 Å². The van der Waals surface area contributed by atoms with Gasteiger partial charge in [-0.05, 0) is 12.1 Å². The van der Waals surface area contributed by atoms with Crippen LogP contribution in [0.1, 0.15) is 22.3 Å². The van der Waals surface area contributed by atoms with Crippen LogP contribution in [0, 0.1) is 0 Å². The third-order valence-electron chi connectivity index (χ3n) is 3.43. The van der Waals surface area contributed by atoms with Gasteiger partial charge in [-0.15, -0.1) is 0 Å². The summed E-state index contributed by atoms with van der Waals surface area (Å²) < 4.78 is 7.52.